The number of carbonyl (C=O) groups excluding carboxylic acids is 1. The Hall–Kier alpha value is -0.610. The van der Waals surface area contributed by atoms with Crippen molar-refractivity contribution in [1.29, 1.82) is 0 Å². The summed E-state index contributed by atoms with van der Waals surface area (Å²) in [6, 6.07) is 0. The molecule has 0 saturated carbocycles. The van der Waals surface area contributed by atoms with Crippen LogP contribution < -0.4 is 0 Å². The molecule has 0 aromatic carbocycles. The van der Waals surface area contributed by atoms with Crippen molar-refractivity contribution in [2.24, 2.45) is 41.4 Å². The zero-order chi connectivity index (χ0) is 31.3. The van der Waals surface area contributed by atoms with Gasteiger partial charge in [0.25, 0.3) is 0 Å². The molecule has 15 atom stereocenters. The molecule has 3 saturated heterocycles. The molecule has 240 valence electrons. The van der Waals surface area contributed by atoms with Crippen molar-refractivity contribution in [1.82, 2.24) is 0 Å². The molecule has 0 aromatic heterocycles. The summed E-state index contributed by atoms with van der Waals surface area (Å²) in [5.41, 5.74) is -1.91. The van der Waals surface area contributed by atoms with Crippen LogP contribution in [-0.4, -0.2) is 73.4 Å². The summed E-state index contributed by atoms with van der Waals surface area (Å²) in [5, 5.41) is 45.0. The highest BCUT2D eigenvalue weighted by Crippen LogP contribution is 2.55. The van der Waals surface area contributed by atoms with Gasteiger partial charge in [-0.25, -0.2) is 0 Å². The normalized spacial score (nSPS) is 47.1. The van der Waals surface area contributed by atoms with Crippen molar-refractivity contribution < 1.29 is 39.4 Å². The van der Waals surface area contributed by atoms with Gasteiger partial charge in [-0.1, -0.05) is 62.3 Å². The second-order valence-corrected chi connectivity index (χ2v) is 14.4. The van der Waals surface area contributed by atoms with E-state index in [9.17, 15) is 25.2 Å². The summed E-state index contributed by atoms with van der Waals surface area (Å²) in [6.45, 7) is 21.1. The van der Waals surface area contributed by atoms with Gasteiger partial charge in [0, 0.05) is 29.6 Å². The third kappa shape index (κ3) is 5.93. The van der Waals surface area contributed by atoms with Gasteiger partial charge in [0.1, 0.15) is 11.4 Å². The highest BCUT2D eigenvalue weighted by molar-refractivity contribution is 5.84. The van der Waals surface area contributed by atoms with Crippen LogP contribution in [0.2, 0.25) is 0 Å². The maximum atomic E-state index is 14.0. The lowest BCUT2D eigenvalue weighted by atomic mass is 9.73. The van der Waals surface area contributed by atoms with Gasteiger partial charge >= 0.3 is 0 Å². The average Bonchev–Trinajstić information content (AvgIpc) is 3.39. The minimum absolute atomic E-state index is 0.00797. The second kappa shape index (κ2) is 12.4. The molecule has 0 radical (unpaired) electrons. The molecular weight excluding hydrogens is 524 g/mol. The van der Waals surface area contributed by atoms with Crippen molar-refractivity contribution in [3.05, 3.63) is 0 Å². The minimum atomic E-state index is -1.61. The van der Waals surface area contributed by atoms with Crippen LogP contribution in [0.5, 0.6) is 0 Å². The lowest BCUT2D eigenvalue weighted by molar-refractivity contribution is -0.331. The Morgan fingerprint density at radius 3 is 1.98 bits per heavy atom. The third-order valence-electron chi connectivity index (χ3n) is 11.6. The molecule has 0 aromatic rings. The van der Waals surface area contributed by atoms with Crippen molar-refractivity contribution in [3.63, 3.8) is 0 Å². The van der Waals surface area contributed by atoms with E-state index in [0.717, 1.165) is 6.42 Å². The van der Waals surface area contributed by atoms with Crippen LogP contribution in [0.25, 0.3) is 0 Å². The maximum absolute atomic E-state index is 14.0. The average molecular weight is 585 g/mol. The number of aliphatic hydroxyl groups excluding tert-OH is 2. The molecule has 3 aliphatic rings. The standard InChI is InChI=1S/C33H60O8/c1-12-25(27(36)22(8)26(35)23(9)28-18(4)15-20(6)32(37,14-3)40-28)29-19(5)16-30(11,39-29)33(38)21(7)17-31(13-2,41-33)24(10)34/h18-26,28-29,34-35,37-38H,12-17H2,1-11H3/t18-,19+,20-,21+,22-,23+,24-,25+,26-,28+,29+,30+,31+,32-,33+/m1/s1. The number of Topliss-reactive ketones (excluding diaryl/α,β-unsaturated/α-hetero) is 1. The highest BCUT2D eigenvalue weighted by atomic mass is 16.7. The summed E-state index contributed by atoms with van der Waals surface area (Å²) in [5.74, 6) is -4.54. The molecule has 0 spiro atoms. The van der Waals surface area contributed by atoms with Gasteiger partial charge in [-0.3, -0.25) is 4.79 Å². The predicted octanol–water partition coefficient (Wildman–Crippen LogP) is 4.83. The van der Waals surface area contributed by atoms with Gasteiger partial charge in [-0.15, -0.1) is 0 Å². The maximum Gasteiger partial charge on any atom is 0.198 e. The van der Waals surface area contributed by atoms with E-state index in [-0.39, 0.29) is 41.5 Å². The first-order valence-electron chi connectivity index (χ1n) is 16.3. The van der Waals surface area contributed by atoms with Crippen LogP contribution in [0.1, 0.15) is 115 Å². The molecule has 4 N–H and O–H groups in total. The summed E-state index contributed by atoms with van der Waals surface area (Å²) in [4.78, 5) is 14.0. The Balaban J connectivity index is 1.78. The Morgan fingerprint density at radius 1 is 0.878 bits per heavy atom. The van der Waals surface area contributed by atoms with Gasteiger partial charge in [0.15, 0.2) is 11.6 Å². The van der Waals surface area contributed by atoms with E-state index in [1.165, 1.54) is 0 Å². The Morgan fingerprint density at radius 2 is 1.49 bits per heavy atom. The van der Waals surface area contributed by atoms with Gasteiger partial charge in [0.2, 0.25) is 0 Å². The van der Waals surface area contributed by atoms with E-state index >= 15 is 0 Å². The Kier molecular flexibility index (Phi) is 10.6. The molecule has 3 heterocycles. The molecule has 0 aliphatic carbocycles. The van der Waals surface area contributed by atoms with Gasteiger partial charge in [-0.05, 0) is 64.2 Å². The van der Waals surface area contributed by atoms with Crippen molar-refractivity contribution in [2.75, 3.05) is 0 Å². The summed E-state index contributed by atoms with van der Waals surface area (Å²) >= 11 is 0. The first-order valence-corrected chi connectivity index (χ1v) is 16.3. The molecule has 3 aliphatic heterocycles. The highest BCUT2D eigenvalue weighted by Gasteiger charge is 2.66. The number of hydrogen-bond acceptors (Lipinski definition) is 8. The van der Waals surface area contributed by atoms with E-state index in [4.69, 9.17) is 14.2 Å². The number of carbonyl (C=O) groups is 1. The molecule has 3 rings (SSSR count). The van der Waals surface area contributed by atoms with Crippen molar-refractivity contribution in [3.8, 4) is 0 Å². The van der Waals surface area contributed by atoms with Crippen LogP contribution in [0.15, 0.2) is 0 Å². The van der Waals surface area contributed by atoms with Gasteiger partial charge in [-0.2, -0.15) is 0 Å². The summed E-state index contributed by atoms with van der Waals surface area (Å²) in [7, 11) is 0. The fourth-order valence-corrected chi connectivity index (χ4v) is 8.56. The van der Waals surface area contributed by atoms with E-state index in [2.05, 4.69) is 6.92 Å². The first kappa shape index (κ1) is 34.9. The number of ketones is 1. The topological polar surface area (TPSA) is 126 Å². The molecule has 0 unspecified atom stereocenters. The lowest BCUT2D eigenvalue weighted by Gasteiger charge is -2.48. The number of hydrogen-bond donors (Lipinski definition) is 4. The molecule has 0 bridgehead atoms. The number of ether oxygens (including phenoxy) is 3. The molecule has 3 fully saturated rings. The van der Waals surface area contributed by atoms with Crippen LogP contribution in [-0.2, 0) is 19.0 Å². The minimum Gasteiger partial charge on any atom is -0.392 e. The Labute approximate surface area is 248 Å². The fraction of sp³-hybridized carbons (Fsp3) is 0.970. The monoisotopic (exact) mass is 584 g/mol. The van der Waals surface area contributed by atoms with Gasteiger partial charge in [0.05, 0.1) is 30.0 Å². The summed E-state index contributed by atoms with van der Waals surface area (Å²) in [6.07, 6.45) is 0.883. The van der Waals surface area contributed by atoms with E-state index in [1.54, 1.807) is 13.8 Å². The SMILES string of the molecule is CC[C@@H](C(=O)[C@H](C)[C@@H](O)[C@H](C)[C@H]1O[C@](O)(CC)[C@H](C)C[C@H]1C)[C@H]1O[C@](C)([C@@]2(O)O[C@](CC)([C@@H](C)O)C[C@@H]2C)C[C@@H]1C. The van der Waals surface area contributed by atoms with E-state index in [0.29, 0.717) is 32.1 Å². The van der Waals surface area contributed by atoms with Crippen LogP contribution in [0, 0.1) is 41.4 Å². The third-order valence-corrected chi connectivity index (χ3v) is 11.6. The zero-order valence-corrected chi connectivity index (χ0v) is 27.5. The fourth-order valence-electron chi connectivity index (χ4n) is 8.56. The van der Waals surface area contributed by atoms with Crippen molar-refractivity contribution >= 4 is 5.78 Å². The van der Waals surface area contributed by atoms with Gasteiger partial charge < -0.3 is 34.6 Å². The molecular formula is C33H60O8. The zero-order valence-electron chi connectivity index (χ0n) is 27.5. The predicted molar refractivity (Wildman–Crippen MR) is 158 cm³/mol. The molecule has 0 amide bonds. The first-order chi connectivity index (χ1) is 18.9. The van der Waals surface area contributed by atoms with E-state index < -0.39 is 52.9 Å². The second-order valence-electron chi connectivity index (χ2n) is 14.4. The smallest absolute Gasteiger partial charge is 0.198 e. The quantitative estimate of drug-likeness (QED) is 0.272. The number of rotatable bonds is 11. The van der Waals surface area contributed by atoms with Crippen molar-refractivity contribution in [2.45, 2.75) is 162 Å². The molecule has 8 nitrogen and oxygen atoms in total. The van der Waals surface area contributed by atoms with Crippen LogP contribution in [0.4, 0.5) is 0 Å². The van der Waals surface area contributed by atoms with Crippen LogP contribution >= 0.6 is 0 Å². The molecule has 8 heteroatoms. The van der Waals surface area contributed by atoms with E-state index in [1.807, 2.05) is 55.4 Å². The largest absolute Gasteiger partial charge is 0.392 e. The lowest BCUT2D eigenvalue weighted by Crippen LogP contribution is -2.57. The molecule has 41 heavy (non-hydrogen) atoms. The Bertz CT molecular complexity index is 912. The van der Waals surface area contributed by atoms with Crippen LogP contribution in [0.3, 0.4) is 0 Å². The summed E-state index contributed by atoms with van der Waals surface area (Å²) < 4.78 is 19.2. The number of aliphatic hydroxyl groups is 4.